The Morgan fingerprint density at radius 2 is 1.95 bits per heavy atom. The van der Waals surface area contributed by atoms with Gasteiger partial charge in [0.05, 0.1) is 0 Å². The van der Waals surface area contributed by atoms with Crippen LogP contribution in [0, 0.1) is 5.92 Å². The van der Waals surface area contributed by atoms with Crippen LogP contribution in [0.25, 0.3) is 0 Å². The maximum atomic E-state index is 13.0. The van der Waals surface area contributed by atoms with E-state index in [1.807, 2.05) is 4.90 Å². The molecule has 3 rings (SSSR count). The largest absolute Gasteiger partial charge is 0.342 e. The molecule has 21 heavy (non-hydrogen) atoms. The molecular formula is C16H27N3O2. The monoisotopic (exact) mass is 293 g/mol. The molecule has 1 unspecified atom stereocenters. The fourth-order valence-corrected chi connectivity index (χ4v) is 4.18. The van der Waals surface area contributed by atoms with E-state index in [-0.39, 0.29) is 11.8 Å². The van der Waals surface area contributed by atoms with Gasteiger partial charge in [-0.1, -0.05) is 19.3 Å². The second-order valence-electron chi connectivity index (χ2n) is 7.11. The van der Waals surface area contributed by atoms with Crippen molar-refractivity contribution in [3.63, 3.8) is 0 Å². The summed E-state index contributed by atoms with van der Waals surface area (Å²) >= 11 is 0. The Labute approximate surface area is 127 Å². The fourth-order valence-electron chi connectivity index (χ4n) is 4.18. The first-order chi connectivity index (χ1) is 10.1. The first-order valence-corrected chi connectivity index (χ1v) is 8.38. The molecular weight excluding hydrogens is 266 g/mol. The molecule has 1 atom stereocenters. The van der Waals surface area contributed by atoms with E-state index >= 15 is 0 Å². The lowest BCUT2D eigenvalue weighted by atomic mass is 9.80. The normalized spacial score (nSPS) is 30.5. The first-order valence-electron chi connectivity index (χ1n) is 8.38. The molecule has 1 aliphatic carbocycles. The van der Waals surface area contributed by atoms with Crippen molar-refractivity contribution in [2.24, 2.45) is 5.92 Å². The predicted octanol–water partition coefficient (Wildman–Crippen LogP) is 0.989. The SMILES string of the molecule is CN1CCC(CN2CCC(=O)NC3(CCCCC3)C2=O)C1. The molecule has 1 spiro atoms. The highest BCUT2D eigenvalue weighted by atomic mass is 16.2. The topological polar surface area (TPSA) is 52.6 Å². The van der Waals surface area contributed by atoms with Gasteiger partial charge in [0.25, 0.3) is 0 Å². The van der Waals surface area contributed by atoms with Gasteiger partial charge in [0.1, 0.15) is 5.54 Å². The van der Waals surface area contributed by atoms with Crippen LogP contribution in [0.4, 0.5) is 0 Å². The second kappa shape index (κ2) is 5.95. The number of rotatable bonds is 2. The van der Waals surface area contributed by atoms with Gasteiger partial charge in [-0.25, -0.2) is 0 Å². The van der Waals surface area contributed by atoms with E-state index in [1.165, 1.54) is 6.42 Å². The van der Waals surface area contributed by atoms with E-state index in [0.717, 1.165) is 51.7 Å². The van der Waals surface area contributed by atoms with E-state index in [9.17, 15) is 9.59 Å². The summed E-state index contributed by atoms with van der Waals surface area (Å²) in [5, 5.41) is 3.07. The molecule has 3 aliphatic rings. The number of nitrogens with zero attached hydrogens (tertiary/aromatic N) is 2. The van der Waals surface area contributed by atoms with Gasteiger partial charge in [0.2, 0.25) is 11.8 Å². The summed E-state index contributed by atoms with van der Waals surface area (Å²) in [6.45, 7) is 3.60. The second-order valence-corrected chi connectivity index (χ2v) is 7.11. The third-order valence-corrected chi connectivity index (χ3v) is 5.36. The molecule has 0 aromatic heterocycles. The first kappa shape index (κ1) is 14.8. The Morgan fingerprint density at radius 1 is 1.19 bits per heavy atom. The van der Waals surface area contributed by atoms with E-state index in [2.05, 4.69) is 17.3 Å². The van der Waals surface area contributed by atoms with Crippen molar-refractivity contribution in [3.8, 4) is 0 Å². The summed E-state index contributed by atoms with van der Waals surface area (Å²) in [4.78, 5) is 29.4. The molecule has 118 valence electrons. The molecule has 1 N–H and O–H groups in total. The molecule has 1 saturated carbocycles. The highest BCUT2D eigenvalue weighted by Gasteiger charge is 2.45. The van der Waals surface area contributed by atoms with Crippen molar-refractivity contribution in [1.29, 1.82) is 0 Å². The van der Waals surface area contributed by atoms with Gasteiger partial charge in [0, 0.05) is 26.1 Å². The maximum absolute atomic E-state index is 13.0. The van der Waals surface area contributed by atoms with Crippen LogP contribution in [0.15, 0.2) is 0 Å². The van der Waals surface area contributed by atoms with Crippen LogP contribution >= 0.6 is 0 Å². The molecule has 2 heterocycles. The maximum Gasteiger partial charge on any atom is 0.248 e. The van der Waals surface area contributed by atoms with Crippen molar-refractivity contribution in [3.05, 3.63) is 0 Å². The lowest BCUT2D eigenvalue weighted by Crippen LogP contribution is -2.58. The molecule has 2 aliphatic heterocycles. The van der Waals surface area contributed by atoms with Gasteiger partial charge in [-0.05, 0) is 38.8 Å². The highest BCUT2D eigenvalue weighted by molar-refractivity contribution is 5.93. The van der Waals surface area contributed by atoms with E-state index in [4.69, 9.17) is 0 Å². The minimum absolute atomic E-state index is 0.0521. The van der Waals surface area contributed by atoms with Crippen molar-refractivity contribution < 1.29 is 9.59 Å². The minimum Gasteiger partial charge on any atom is -0.342 e. The summed E-state index contributed by atoms with van der Waals surface area (Å²) in [5.74, 6) is 0.798. The zero-order chi connectivity index (χ0) is 14.9. The average molecular weight is 293 g/mol. The van der Waals surface area contributed by atoms with Crippen LogP contribution in [-0.4, -0.2) is 60.4 Å². The average Bonchev–Trinajstić information content (AvgIpc) is 2.84. The van der Waals surface area contributed by atoms with Crippen LogP contribution in [0.5, 0.6) is 0 Å². The number of hydrogen-bond acceptors (Lipinski definition) is 3. The van der Waals surface area contributed by atoms with Gasteiger partial charge in [0.15, 0.2) is 0 Å². The highest BCUT2D eigenvalue weighted by Crippen LogP contribution is 2.32. The summed E-state index contributed by atoms with van der Waals surface area (Å²) in [7, 11) is 2.14. The Kier molecular flexibility index (Phi) is 4.20. The van der Waals surface area contributed by atoms with Crippen molar-refractivity contribution in [2.75, 3.05) is 33.2 Å². The number of nitrogens with one attached hydrogen (secondary N) is 1. The summed E-state index contributed by atoms with van der Waals surface area (Å²) in [6.07, 6.45) is 6.53. The van der Waals surface area contributed by atoms with Crippen LogP contribution in [0.3, 0.4) is 0 Å². The Morgan fingerprint density at radius 3 is 2.62 bits per heavy atom. The number of amides is 2. The molecule has 0 aromatic rings. The van der Waals surface area contributed by atoms with Gasteiger partial charge in [-0.3, -0.25) is 9.59 Å². The van der Waals surface area contributed by atoms with Crippen molar-refractivity contribution in [1.82, 2.24) is 15.1 Å². The van der Waals surface area contributed by atoms with E-state index < -0.39 is 5.54 Å². The number of carbonyl (C=O) groups is 2. The predicted molar refractivity (Wildman–Crippen MR) is 80.8 cm³/mol. The van der Waals surface area contributed by atoms with Crippen molar-refractivity contribution in [2.45, 2.75) is 50.5 Å². The van der Waals surface area contributed by atoms with Gasteiger partial charge in [-0.15, -0.1) is 0 Å². The lowest BCUT2D eigenvalue weighted by Gasteiger charge is -2.38. The van der Waals surface area contributed by atoms with Gasteiger partial charge in [-0.2, -0.15) is 0 Å². The smallest absolute Gasteiger partial charge is 0.248 e. The van der Waals surface area contributed by atoms with Crippen LogP contribution < -0.4 is 5.32 Å². The molecule has 5 nitrogen and oxygen atoms in total. The van der Waals surface area contributed by atoms with Crippen LogP contribution in [0.2, 0.25) is 0 Å². The Bertz CT molecular complexity index is 418. The Balaban J connectivity index is 1.73. The standard InChI is InChI=1S/C16H27N3O2/c1-18-9-5-13(11-18)12-19-10-6-14(20)17-16(15(19)21)7-3-2-4-8-16/h13H,2-12H2,1H3,(H,17,20). The van der Waals surface area contributed by atoms with Crippen molar-refractivity contribution >= 4 is 11.8 Å². The summed E-state index contributed by atoms with van der Waals surface area (Å²) in [5.41, 5.74) is -0.587. The van der Waals surface area contributed by atoms with E-state index in [1.54, 1.807) is 0 Å². The number of likely N-dealkylation sites (tertiary alicyclic amines) is 1. The molecule has 3 fully saturated rings. The number of carbonyl (C=O) groups excluding carboxylic acids is 2. The molecule has 2 saturated heterocycles. The minimum atomic E-state index is -0.587. The van der Waals surface area contributed by atoms with E-state index in [0.29, 0.717) is 18.9 Å². The quantitative estimate of drug-likeness (QED) is 0.826. The molecule has 0 radical (unpaired) electrons. The third kappa shape index (κ3) is 3.07. The summed E-state index contributed by atoms with van der Waals surface area (Å²) in [6, 6.07) is 0. The third-order valence-electron chi connectivity index (χ3n) is 5.36. The van der Waals surface area contributed by atoms with Crippen LogP contribution in [-0.2, 0) is 9.59 Å². The zero-order valence-corrected chi connectivity index (χ0v) is 13.1. The molecule has 2 amide bonds. The summed E-state index contributed by atoms with van der Waals surface area (Å²) < 4.78 is 0. The van der Waals surface area contributed by atoms with Gasteiger partial charge >= 0.3 is 0 Å². The van der Waals surface area contributed by atoms with Gasteiger partial charge < -0.3 is 15.1 Å². The zero-order valence-electron chi connectivity index (χ0n) is 13.1. The molecule has 5 heteroatoms. The Hall–Kier alpha value is -1.10. The number of hydrogen-bond donors (Lipinski definition) is 1. The molecule has 0 bridgehead atoms. The van der Waals surface area contributed by atoms with Crippen LogP contribution in [0.1, 0.15) is 44.9 Å². The molecule has 0 aromatic carbocycles. The fraction of sp³-hybridized carbons (Fsp3) is 0.875. The lowest BCUT2D eigenvalue weighted by molar-refractivity contribution is -0.140.